The minimum atomic E-state index is -0.529. The fourth-order valence-corrected chi connectivity index (χ4v) is 2.63. The summed E-state index contributed by atoms with van der Waals surface area (Å²) in [6, 6.07) is 16.2. The van der Waals surface area contributed by atoms with Gasteiger partial charge in [-0.05, 0) is 54.4 Å². The van der Waals surface area contributed by atoms with Gasteiger partial charge in [0.05, 0.1) is 13.7 Å². The van der Waals surface area contributed by atoms with Crippen molar-refractivity contribution >= 4 is 18.1 Å². The molecule has 6 nitrogen and oxygen atoms in total. The number of carbonyl (C=O) groups is 1. The van der Waals surface area contributed by atoms with Crippen molar-refractivity contribution in [1.29, 1.82) is 0 Å². The topological polar surface area (TPSA) is 66.9 Å². The Bertz CT molecular complexity index is 1000. The number of benzene rings is 2. The molecule has 0 amide bonds. The van der Waals surface area contributed by atoms with Crippen LogP contribution in [0.1, 0.15) is 18.1 Å². The molecule has 0 saturated carbocycles. The number of carbonyl (C=O) groups excluding carboxylic acids is 1. The highest BCUT2D eigenvalue weighted by Gasteiger charge is 2.12. The minimum Gasteiger partial charge on any atom is -0.497 e. The molecule has 0 bridgehead atoms. The van der Waals surface area contributed by atoms with Crippen LogP contribution in [0, 0.1) is 0 Å². The van der Waals surface area contributed by atoms with Crippen LogP contribution >= 0.6 is 0 Å². The predicted molar refractivity (Wildman–Crippen MR) is 115 cm³/mol. The van der Waals surface area contributed by atoms with Crippen LogP contribution in [-0.4, -0.2) is 31.3 Å². The summed E-state index contributed by atoms with van der Waals surface area (Å²) < 4.78 is 21.7. The Morgan fingerprint density at radius 1 is 0.900 bits per heavy atom. The van der Waals surface area contributed by atoms with Crippen LogP contribution < -0.4 is 18.9 Å². The highest BCUT2D eigenvalue weighted by Crippen LogP contribution is 2.29. The van der Waals surface area contributed by atoms with E-state index in [0.717, 1.165) is 11.1 Å². The maximum atomic E-state index is 12.2. The Morgan fingerprint density at radius 3 is 2.43 bits per heavy atom. The van der Waals surface area contributed by atoms with Crippen LogP contribution in [0.5, 0.6) is 23.0 Å². The molecular formula is C24H23NO5. The number of hydrogen-bond donors (Lipinski definition) is 0. The molecule has 3 rings (SSSR count). The standard InChI is InChI=1S/C24H23NO5/c1-3-28-23-15-19(8-7-18-11-13-25-14-12-18)9-10-22(23)30-24(26)17-29-21-6-4-5-20(16-21)27-2/h4-16H,3,17H2,1-2H3/b8-7+. The lowest BCUT2D eigenvalue weighted by molar-refractivity contribution is -0.136. The number of esters is 1. The molecule has 2 aromatic carbocycles. The van der Waals surface area contributed by atoms with Crippen molar-refractivity contribution in [3.63, 3.8) is 0 Å². The Morgan fingerprint density at radius 2 is 1.67 bits per heavy atom. The van der Waals surface area contributed by atoms with E-state index in [0.29, 0.717) is 29.6 Å². The normalized spacial score (nSPS) is 10.6. The van der Waals surface area contributed by atoms with Crippen LogP contribution in [0.15, 0.2) is 67.0 Å². The first-order chi connectivity index (χ1) is 14.7. The lowest BCUT2D eigenvalue weighted by Gasteiger charge is -2.12. The van der Waals surface area contributed by atoms with Gasteiger partial charge in [0.1, 0.15) is 11.5 Å². The number of ether oxygens (including phenoxy) is 4. The van der Waals surface area contributed by atoms with Crippen molar-refractivity contribution in [2.24, 2.45) is 0 Å². The number of aromatic nitrogens is 1. The Labute approximate surface area is 175 Å². The van der Waals surface area contributed by atoms with Gasteiger partial charge in [-0.1, -0.05) is 24.3 Å². The molecule has 3 aromatic rings. The molecule has 0 saturated heterocycles. The molecular weight excluding hydrogens is 382 g/mol. The monoisotopic (exact) mass is 405 g/mol. The SMILES string of the molecule is CCOc1cc(/C=C/c2ccncc2)ccc1OC(=O)COc1cccc(OC)c1. The van der Waals surface area contributed by atoms with Crippen LogP contribution in [0.4, 0.5) is 0 Å². The smallest absolute Gasteiger partial charge is 0.349 e. The summed E-state index contributed by atoms with van der Waals surface area (Å²) in [4.78, 5) is 16.2. The van der Waals surface area contributed by atoms with Crippen LogP contribution in [0.25, 0.3) is 12.2 Å². The largest absolute Gasteiger partial charge is 0.497 e. The van der Waals surface area contributed by atoms with E-state index in [1.807, 2.05) is 43.3 Å². The fourth-order valence-electron chi connectivity index (χ4n) is 2.63. The van der Waals surface area contributed by atoms with Crippen molar-refractivity contribution < 1.29 is 23.7 Å². The molecule has 0 fully saturated rings. The average molecular weight is 405 g/mol. The molecule has 0 aliphatic carbocycles. The first kappa shape index (κ1) is 20.9. The molecule has 6 heteroatoms. The number of nitrogens with zero attached hydrogens (tertiary/aromatic N) is 1. The number of methoxy groups -OCH3 is 1. The van der Waals surface area contributed by atoms with Gasteiger partial charge in [0.25, 0.3) is 0 Å². The highest BCUT2D eigenvalue weighted by atomic mass is 16.6. The van der Waals surface area contributed by atoms with Crippen molar-refractivity contribution in [2.45, 2.75) is 6.92 Å². The van der Waals surface area contributed by atoms with E-state index in [4.69, 9.17) is 18.9 Å². The maximum absolute atomic E-state index is 12.2. The van der Waals surface area contributed by atoms with Crippen LogP contribution in [-0.2, 0) is 4.79 Å². The molecule has 0 unspecified atom stereocenters. The molecule has 30 heavy (non-hydrogen) atoms. The van der Waals surface area contributed by atoms with Gasteiger partial charge in [-0.3, -0.25) is 4.98 Å². The van der Waals surface area contributed by atoms with Gasteiger partial charge in [-0.15, -0.1) is 0 Å². The lowest BCUT2D eigenvalue weighted by atomic mass is 10.1. The molecule has 0 atom stereocenters. The van der Waals surface area contributed by atoms with Gasteiger partial charge in [0, 0.05) is 18.5 Å². The van der Waals surface area contributed by atoms with Crippen molar-refractivity contribution in [3.05, 3.63) is 78.1 Å². The summed E-state index contributed by atoms with van der Waals surface area (Å²) >= 11 is 0. The third-order valence-corrected chi connectivity index (χ3v) is 4.06. The fraction of sp³-hybridized carbons (Fsp3) is 0.167. The maximum Gasteiger partial charge on any atom is 0.349 e. The summed E-state index contributed by atoms with van der Waals surface area (Å²) in [6.07, 6.45) is 7.40. The Hall–Kier alpha value is -3.80. The summed E-state index contributed by atoms with van der Waals surface area (Å²) in [5.74, 6) is 1.47. The zero-order valence-corrected chi connectivity index (χ0v) is 16.9. The minimum absolute atomic E-state index is 0.234. The van der Waals surface area contributed by atoms with Crippen molar-refractivity contribution in [1.82, 2.24) is 4.98 Å². The van der Waals surface area contributed by atoms with Gasteiger partial charge < -0.3 is 18.9 Å². The van der Waals surface area contributed by atoms with Gasteiger partial charge in [0.2, 0.25) is 0 Å². The van der Waals surface area contributed by atoms with Crippen molar-refractivity contribution in [2.75, 3.05) is 20.3 Å². The van der Waals surface area contributed by atoms with E-state index in [9.17, 15) is 4.79 Å². The molecule has 0 N–H and O–H groups in total. The van der Waals surface area contributed by atoms with Gasteiger partial charge in [0.15, 0.2) is 18.1 Å². The molecule has 1 aromatic heterocycles. The molecule has 154 valence electrons. The zero-order chi connectivity index (χ0) is 21.2. The molecule has 1 heterocycles. The highest BCUT2D eigenvalue weighted by molar-refractivity contribution is 5.76. The predicted octanol–water partition coefficient (Wildman–Crippen LogP) is 4.64. The second kappa shape index (κ2) is 10.7. The lowest BCUT2D eigenvalue weighted by Crippen LogP contribution is -2.18. The number of rotatable bonds is 9. The van der Waals surface area contributed by atoms with E-state index >= 15 is 0 Å². The van der Waals surface area contributed by atoms with Crippen LogP contribution in [0.3, 0.4) is 0 Å². The Kier molecular flexibility index (Phi) is 7.44. The molecule has 0 aliphatic rings. The van der Waals surface area contributed by atoms with Crippen LogP contribution in [0.2, 0.25) is 0 Å². The summed E-state index contributed by atoms with van der Waals surface area (Å²) in [5.41, 5.74) is 1.95. The third kappa shape index (κ3) is 6.10. The summed E-state index contributed by atoms with van der Waals surface area (Å²) in [7, 11) is 1.57. The summed E-state index contributed by atoms with van der Waals surface area (Å²) in [6.45, 7) is 2.09. The summed E-state index contributed by atoms with van der Waals surface area (Å²) in [5, 5.41) is 0. The molecule has 0 radical (unpaired) electrons. The number of pyridine rings is 1. The number of hydrogen-bond acceptors (Lipinski definition) is 6. The second-order valence-electron chi connectivity index (χ2n) is 6.19. The first-order valence-corrected chi connectivity index (χ1v) is 9.50. The third-order valence-electron chi connectivity index (χ3n) is 4.06. The average Bonchev–Trinajstić information content (AvgIpc) is 2.79. The first-order valence-electron chi connectivity index (χ1n) is 9.50. The van der Waals surface area contributed by atoms with E-state index < -0.39 is 5.97 Å². The van der Waals surface area contributed by atoms with E-state index in [1.165, 1.54) is 0 Å². The zero-order valence-electron chi connectivity index (χ0n) is 16.9. The van der Waals surface area contributed by atoms with E-state index in [1.54, 1.807) is 49.8 Å². The van der Waals surface area contributed by atoms with Gasteiger partial charge in [-0.2, -0.15) is 0 Å². The van der Waals surface area contributed by atoms with Gasteiger partial charge >= 0.3 is 5.97 Å². The van der Waals surface area contributed by atoms with Crippen molar-refractivity contribution in [3.8, 4) is 23.0 Å². The van der Waals surface area contributed by atoms with E-state index in [-0.39, 0.29) is 6.61 Å². The quantitative estimate of drug-likeness (QED) is 0.382. The van der Waals surface area contributed by atoms with Gasteiger partial charge in [-0.25, -0.2) is 4.79 Å². The second-order valence-corrected chi connectivity index (χ2v) is 6.19. The Balaban J connectivity index is 1.65. The molecule has 0 spiro atoms. The van der Waals surface area contributed by atoms with E-state index in [2.05, 4.69) is 4.98 Å². The molecule has 0 aliphatic heterocycles.